The number of nitrogens with zero attached hydrogens (tertiary/aromatic N) is 3. The maximum absolute atomic E-state index is 12.1. The Morgan fingerprint density at radius 3 is 2.88 bits per heavy atom. The average molecular weight is 335 g/mol. The molecule has 7 heteroatoms. The molecule has 3 heterocycles. The van der Waals surface area contributed by atoms with E-state index in [0.29, 0.717) is 19.0 Å². The second-order valence-corrected chi connectivity index (χ2v) is 6.66. The number of rotatable bonds is 5. The average Bonchev–Trinajstić information content (AvgIpc) is 3.24. The molecule has 2 aliphatic rings. The molecule has 2 fully saturated rings. The molecule has 1 aromatic heterocycles. The number of hydrogen-bond acceptors (Lipinski definition) is 6. The van der Waals surface area contributed by atoms with Gasteiger partial charge in [-0.3, -0.25) is 14.5 Å². The molecule has 0 spiro atoms. The summed E-state index contributed by atoms with van der Waals surface area (Å²) in [6.07, 6.45) is 4.05. The second-order valence-electron chi connectivity index (χ2n) is 6.66. The van der Waals surface area contributed by atoms with Crippen LogP contribution in [0.25, 0.3) is 0 Å². The standard InChI is InChI=1S/C17H25N3O4/c1-4-14-8-18-16(24-14)10-20(12(3)21)13-5-6-19(9-13)15-7-11(2)23-17(15)22/h8,11,13,15H,4-7,9-10H2,1-3H3/t11-,13-,15-/m1/s1. The van der Waals surface area contributed by atoms with Gasteiger partial charge in [0.25, 0.3) is 0 Å². The van der Waals surface area contributed by atoms with Crippen LogP contribution < -0.4 is 0 Å². The quantitative estimate of drug-likeness (QED) is 0.757. The number of esters is 1. The Balaban J connectivity index is 1.64. The van der Waals surface area contributed by atoms with Gasteiger partial charge in [-0.25, -0.2) is 4.98 Å². The first-order valence-electron chi connectivity index (χ1n) is 8.63. The van der Waals surface area contributed by atoms with E-state index in [9.17, 15) is 9.59 Å². The number of hydrogen-bond donors (Lipinski definition) is 0. The first kappa shape index (κ1) is 17.0. The van der Waals surface area contributed by atoms with Crippen LogP contribution in [0, 0.1) is 0 Å². The molecule has 0 aromatic carbocycles. The fourth-order valence-corrected chi connectivity index (χ4v) is 3.57. The fourth-order valence-electron chi connectivity index (χ4n) is 3.57. The lowest BCUT2D eigenvalue weighted by atomic mass is 10.1. The minimum atomic E-state index is -0.174. The summed E-state index contributed by atoms with van der Waals surface area (Å²) in [5, 5.41) is 0. The number of amides is 1. The molecule has 0 N–H and O–H groups in total. The molecule has 1 amide bonds. The van der Waals surface area contributed by atoms with Crippen molar-refractivity contribution in [3.8, 4) is 0 Å². The largest absolute Gasteiger partial charge is 0.461 e. The Kier molecular flexibility index (Phi) is 4.89. The molecule has 0 saturated carbocycles. The Morgan fingerprint density at radius 2 is 2.29 bits per heavy atom. The molecule has 2 saturated heterocycles. The minimum absolute atomic E-state index is 0.000431. The Labute approximate surface area is 141 Å². The lowest BCUT2D eigenvalue weighted by Gasteiger charge is -2.27. The highest BCUT2D eigenvalue weighted by molar-refractivity contribution is 5.78. The van der Waals surface area contributed by atoms with Gasteiger partial charge >= 0.3 is 5.97 Å². The van der Waals surface area contributed by atoms with Crippen molar-refractivity contribution in [2.75, 3.05) is 13.1 Å². The molecular weight excluding hydrogens is 310 g/mol. The molecule has 3 atom stereocenters. The summed E-state index contributed by atoms with van der Waals surface area (Å²) in [6, 6.07) is -0.101. The van der Waals surface area contributed by atoms with Crippen LogP contribution in [0.5, 0.6) is 0 Å². The third-order valence-corrected chi connectivity index (χ3v) is 4.88. The molecule has 3 rings (SSSR count). The number of aryl methyl sites for hydroxylation is 1. The monoisotopic (exact) mass is 335 g/mol. The number of carbonyl (C=O) groups excluding carboxylic acids is 2. The smallest absolute Gasteiger partial charge is 0.323 e. The third-order valence-electron chi connectivity index (χ3n) is 4.88. The van der Waals surface area contributed by atoms with Crippen molar-refractivity contribution < 1.29 is 18.7 Å². The first-order chi connectivity index (χ1) is 11.5. The van der Waals surface area contributed by atoms with Gasteiger partial charge in [0.1, 0.15) is 17.9 Å². The van der Waals surface area contributed by atoms with Gasteiger partial charge in [0.05, 0.1) is 12.7 Å². The summed E-state index contributed by atoms with van der Waals surface area (Å²) in [5.74, 6) is 1.25. The molecule has 0 bridgehead atoms. The molecule has 0 aliphatic carbocycles. The summed E-state index contributed by atoms with van der Waals surface area (Å²) in [5.41, 5.74) is 0. The maximum atomic E-state index is 12.1. The van der Waals surface area contributed by atoms with Gasteiger partial charge in [-0.15, -0.1) is 0 Å². The van der Waals surface area contributed by atoms with Crippen LogP contribution in [0.15, 0.2) is 10.6 Å². The van der Waals surface area contributed by atoms with Gasteiger partial charge in [0.2, 0.25) is 11.8 Å². The van der Waals surface area contributed by atoms with E-state index in [0.717, 1.165) is 31.6 Å². The zero-order valence-electron chi connectivity index (χ0n) is 14.5. The maximum Gasteiger partial charge on any atom is 0.323 e. The fraction of sp³-hybridized carbons (Fsp3) is 0.706. The highest BCUT2D eigenvalue weighted by Crippen LogP contribution is 2.26. The molecule has 132 valence electrons. The van der Waals surface area contributed by atoms with E-state index in [1.165, 1.54) is 0 Å². The van der Waals surface area contributed by atoms with Crippen molar-refractivity contribution >= 4 is 11.9 Å². The summed E-state index contributed by atoms with van der Waals surface area (Å²) in [4.78, 5) is 32.2. The number of ether oxygens (including phenoxy) is 1. The van der Waals surface area contributed by atoms with E-state index in [1.807, 2.05) is 13.8 Å². The zero-order chi connectivity index (χ0) is 17.3. The number of aromatic nitrogens is 1. The SMILES string of the molecule is CCc1cnc(CN(C(C)=O)[C@@H]2CCN([C@@H]3C[C@@H](C)OC3=O)C2)o1. The van der Waals surface area contributed by atoms with Crippen molar-refractivity contribution in [2.45, 2.75) is 64.8 Å². The molecule has 1 aromatic rings. The van der Waals surface area contributed by atoms with E-state index < -0.39 is 0 Å². The Hall–Kier alpha value is -1.89. The van der Waals surface area contributed by atoms with Crippen molar-refractivity contribution in [1.29, 1.82) is 0 Å². The topological polar surface area (TPSA) is 75.9 Å². The first-order valence-corrected chi connectivity index (χ1v) is 8.63. The predicted molar refractivity (Wildman–Crippen MR) is 86.0 cm³/mol. The lowest BCUT2D eigenvalue weighted by molar-refractivity contribution is -0.144. The van der Waals surface area contributed by atoms with Gasteiger partial charge in [0, 0.05) is 38.9 Å². The number of cyclic esters (lactones) is 1. The van der Waals surface area contributed by atoms with Crippen LogP contribution in [-0.2, 0) is 27.3 Å². The molecule has 7 nitrogen and oxygen atoms in total. The minimum Gasteiger partial charge on any atom is -0.461 e. The highest BCUT2D eigenvalue weighted by atomic mass is 16.6. The number of likely N-dealkylation sites (tertiary alicyclic amines) is 1. The van der Waals surface area contributed by atoms with E-state index in [4.69, 9.17) is 9.15 Å². The van der Waals surface area contributed by atoms with Gasteiger partial charge in [0.15, 0.2) is 0 Å². The van der Waals surface area contributed by atoms with Crippen LogP contribution >= 0.6 is 0 Å². The summed E-state index contributed by atoms with van der Waals surface area (Å²) in [6.45, 7) is 7.35. The Bertz CT molecular complexity index is 615. The molecule has 0 radical (unpaired) electrons. The van der Waals surface area contributed by atoms with E-state index in [2.05, 4.69) is 9.88 Å². The summed E-state index contributed by atoms with van der Waals surface area (Å²) < 4.78 is 10.9. The van der Waals surface area contributed by atoms with E-state index in [1.54, 1.807) is 18.0 Å². The van der Waals surface area contributed by atoms with Crippen LogP contribution in [-0.4, -0.2) is 57.9 Å². The third kappa shape index (κ3) is 3.45. The van der Waals surface area contributed by atoms with Crippen molar-refractivity contribution in [3.05, 3.63) is 17.8 Å². The predicted octanol–water partition coefficient (Wildman–Crippen LogP) is 1.36. The number of oxazole rings is 1. The summed E-state index contributed by atoms with van der Waals surface area (Å²) in [7, 11) is 0. The van der Waals surface area contributed by atoms with Crippen molar-refractivity contribution in [2.24, 2.45) is 0 Å². The Morgan fingerprint density at radius 1 is 1.50 bits per heavy atom. The number of carbonyl (C=O) groups is 2. The molecule has 0 unspecified atom stereocenters. The van der Waals surface area contributed by atoms with Crippen LogP contribution in [0.4, 0.5) is 0 Å². The van der Waals surface area contributed by atoms with Crippen molar-refractivity contribution in [1.82, 2.24) is 14.8 Å². The van der Waals surface area contributed by atoms with Gasteiger partial charge in [-0.2, -0.15) is 0 Å². The van der Waals surface area contributed by atoms with Gasteiger partial charge in [-0.1, -0.05) is 6.92 Å². The molecule has 2 aliphatic heterocycles. The van der Waals surface area contributed by atoms with Crippen LogP contribution in [0.2, 0.25) is 0 Å². The van der Waals surface area contributed by atoms with Crippen LogP contribution in [0.1, 0.15) is 45.3 Å². The molecule has 24 heavy (non-hydrogen) atoms. The van der Waals surface area contributed by atoms with Gasteiger partial charge in [-0.05, 0) is 13.3 Å². The van der Waals surface area contributed by atoms with E-state index in [-0.39, 0.29) is 30.1 Å². The lowest BCUT2D eigenvalue weighted by Crippen LogP contribution is -2.43. The highest BCUT2D eigenvalue weighted by Gasteiger charge is 2.41. The van der Waals surface area contributed by atoms with Gasteiger partial charge < -0.3 is 14.1 Å². The van der Waals surface area contributed by atoms with E-state index >= 15 is 0 Å². The molecular formula is C17H25N3O4. The van der Waals surface area contributed by atoms with Crippen molar-refractivity contribution in [3.63, 3.8) is 0 Å². The second kappa shape index (κ2) is 6.93. The zero-order valence-corrected chi connectivity index (χ0v) is 14.5. The van der Waals surface area contributed by atoms with Crippen LogP contribution in [0.3, 0.4) is 0 Å². The summed E-state index contributed by atoms with van der Waals surface area (Å²) >= 11 is 0. The normalized spacial score (nSPS) is 27.5.